The number of nitrogens with one attached hydrogen (secondary N) is 1. The number of hydrogen-bond donors (Lipinski definition) is 1. The molecule has 6 heteroatoms. The highest BCUT2D eigenvalue weighted by molar-refractivity contribution is 5.98. The van der Waals surface area contributed by atoms with Gasteiger partial charge in [0.15, 0.2) is 0 Å². The van der Waals surface area contributed by atoms with Gasteiger partial charge in [0.2, 0.25) is 5.91 Å². The predicted molar refractivity (Wildman–Crippen MR) is 118 cm³/mol. The molecule has 0 saturated heterocycles. The molecule has 0 radical (unpaired) electrons. The van der Waals surface area contributed by atoms with Crippen LogP contribution in [0.2, 0.25) is 0 Å². The summed E-state index contributed by atoms with van der Waals surface area (Å²) in [6.07, 6.45) is -0.101. The van der Waals surface area contributed by atoms with Gasteiger partial charge < -0.3 is 14.8 Å². The van der Waals surface area contributed by atoms with Crippen molar-refractivity contribution < 1.29 is 19.1 Å². The second-order valence-corrected chi connectivity index (χ2v) is 7.35. The van der Waals surface area contributed by atoms with E-state index in [4.69, 9.17) is 9.47 Å². The van der Waals surface area contributed by atoms with Crippen LogP contribution in [0.15, 0.2) is 78.9 Å². The maximum absolute atomic E-state index is 13.2. The number of fused-ring (bicyclic) bond motifs is 1. The van der Waals surface area contributed by atoms with Crippen molar-refractivity contribution in [2.75, 3.05) is 12.4 Å². The van der Waals surface area contributed by atoms with Gasteiger partial charge in [0.05, 0.1) is 19.3 Å². The molecule has 3 aromatic carbocycles. The molecule has 4 rings (SSSR count). The van der Waals surface area contributed by atoms with E-state index in [0.29, 0.717) is 24.4 Å². The summed E-state index contributed by atoms with van der Waals surface area (Å²) in [5, 5.41) is 2.91. The molecule has 1 N–H and O–H groups in total. The number of anilines is 1. The van der Waals surface area contributed by atoms with Gasteiger partial charge in [-0.15, -0.1) is 0 Å². The van der Waals surface area contributed by atoms with Crippen LogP contribution in [0.3, 0.4) is 0 Å². The summed E-state index contributed by atoms with van der Waals surface area (Å²) in [5.41, 5.74) is 3.52. The van der Waals surface area contributed by atoms with Crippen LogP contribution in [0.1, 0.15) is 16.7 Å². The fourth-order valence-corrected chi connectivity index (χ4v) is 3.72. The SMILES string of the molecule is COc1ccccc1NC(=O)[C@H]1Cc2ccccc2CN1C(=O)OCc1ccccc1. The molecule has 0 bridgehead atoms. The Hall–Kier alpha value is -3.80. The summed E-state index contributed by atoms with van der Waals surface area (Å²) in [5.74, 6) is 0.279. The first-order valence-electron chi connectivity index (χ1n) is 10.1. The summed E-state index contributed by atoms with van der Waals surface area (Å²) in [6, 6.07) is 23.8. The quantitative estimate of drug-likeness (QED) is 0.670. The molecular formula is C25H24N2O4. The number of benzene rings is 3. The van der Waals surface area contributed by atoms with Crippen LogP contribution < -0.4 is 10.1 Å². The normalized spacial score (nSPS) is 15.0. The first-order chi connectivity index (χ1) is 15.2. The van der Waals surface area contributed by atoms with Crippen molar-refractivity contribution in [3.05, 3.63) is 95.6 Å². The lowest BCUT2D eigenvalue weighted by Gasteiger charge is -2.35. The Bertz CT molecular complexity index is 1070. The standard InChI is InChI=1S/C25H24N2O4/c1-30-23-14-8-7-13-21(23)26-24(28)22-15-19-11-5-6-12-20(19)16-27(22)25(29)31-17-18-9-3-2-4-10-18/h2-14,22H,15-17H2,1H3,(H,26,28)/t22-/m1/s1. The van der Waals surface area contributed by atoms with Crippen molar-refractivity contribution in [1.82, 2.24) is 4.90 Å². The van der Waals surface area contributed by atoms with Gasteiger partial charge in [-0.25, -0.2) is 4.79 Å². The van der Waals surface area contributed by atoms with Crippen LogP contribution in [-0.2, 0) is 29.1 Å². The average Bonchev–Trinajstić information content (AvgIpc) is 2.82. The topological polar surface area (TPSA) is 67.9 Å². The fourth-order valence-electron chi connectivity index (χ4n) is 3.72. The van der Waals surface area contributed by atoms with Gasteiger partial charge in [0, 0.05) is 6.42 Å². The maximum Gasteiger partial charge on any atom is 0.411 e. The van der Waals surface area contributed by atoms with E-state index >= 15 is 0 Å². The lowest BCUT2D eigenvalue weighted by atomic mass is 9.94. The number of carbonyl (C=O) groups is 2. The third-order valence-electron chi connectivity index (χ3n) is 5.36. The molecule has 0 aliphatic carbocycles. The number of carbonyl (C=O) groups excluding carboxylic acids is 2. The molecule has 0 saturated carbocycles. The minimum Gasteiger partial charge on any atom is -0.495 e. The van der Waals surface area contributed by atoms with E-state index in [2.05, 4.69) is 5.32 Å². The van der Waals surface area contributed by atoms with Crippen molar-refractivity contribution in [1.29, 1.82) is 0 Å². The molecule has 0 aromatic heterocycles. The number of nitrogens with zero attached hydrogens (tertiary/aromatic N) is 1. The van der Waals surface area contributed by atoms with E-state index < -0.39 is 12.1 Å². The summed E-state index contributed by atoms with van der Waals surface area (Å²) in [7, 11) is 1.55. The molecule has 1 aliphatic rings. The van der Waals surface area contributed by atoms with Gasteiger partial charge in [0.1, 0.15) is 18.4 Å². The van der Waals surface area contributed by atoms with Gasteiger partial charge in [-0.3, -0.25) is 9.69 Å². The molecule has 3 aromatic rings. The second-order valence-electron chi connectivity index (χ2n) is 7.35. The largest absolute Gasteiger partial charge is 0.495 e. The van der Waals surface area contributed by atoms with E-state index in [0.717, 1.165) is 16.7 Å². The van der Waals surface area contributed by atoms with Gasteiger partial charge in [0.25, 0.3) is 0 Å². The minimum absolute atomic E-state index is 0.151. The molecule has 2 amide bonds. The molecule has 31 heavy (non-hydrogen) atoms. The number of amides is 2. The highest BCUT2D eigenvalue weighted by Gasteiger charge is 2.35. The van der Waals surface area contributed by atoms with E-state index in [1.54, 1.807) is 19.2 Å². The highest BCUT2D eigenvalue weighted by Crippen LogP contribution is 2.27. The van der Waals surface area contributed by atoms with Crippen molar-refractivity contribution in [3.63, 3.8) is 0 Å². The van der Waals surface area contributed by atoms with Crippen molar-refractivity contribution in [2.24, 2.45) is 0 Å². The molecular weight excluding hydrogens is 392 g/mol. The Morgan fingerprint density at radius 3 is 2.39 bits per heavy atom. The van der Waals surface area contributed by atoms with E-state index in [-0.39, 0.29) is 12.5 Å². The number of para-hydroxylation sites is 2. The predicted octanol–water partition coefficient (Wildman–Crippen LogP) is 4.40. The van der Waals surface area contributed by atoms with E-state index in [1.165, 1.54) is 4.90 Å². The second kappa shape index (κ2) is 9.34. The number of ether oxygens (including phenoxy) is 2. The molecule has 0 spiro atoms. The molecule has 0 fully saturated rings. The van der Waals surface area contributed by atoms with E-state index in [9.17, 15) is 9.59 Å². The minimum atomic E-state index is -0.692. The first kappa shape index (κ1) is 20.5. The smallest absolute Gasteiger partial charge is 0.411 e. The fraction of sp³-hybridized carbons (Fsp3) is 0.200. The monoisotopic (exact) mass is 416 g/mol. The van der Waals surface area contributed by atoms with E-state index in [1.807, 2.05) is 66.7 Å². The number of rotatable bonds is 5. The molecule has 1 aliphatic heterocycles. The first-order valence-corrected chi connectivity index (χ1v) is 10.1. The van der Waals surface area contributed by atoms with Crippen molar-refractivity contribution in [2.45, 2.75) is 25.6 Å². The molecule has 6 nitrogen and oxygen atoms in total. The zero-order chi connectivity index (χ0) is 21.6. The number of methoxy groups -OCH3 is 1. The molecule has 0 unspecified atom stereocenters. The third-order valence-corrected chi connectivity index (χ3v) is 5.36. The van der Waals surface area contributed by atoms with Crippen LogP contribution in [0.4, 0.5) is 10.5 Å². The zero-order valence-electron chi connectivity index (χ0n) is 17.3. The lowest BCUT2D eigenvalue weighted by Crippen LogP contribution is -2.50. The summed E-state index contributed by atoms with van der Waals surface area (Å²) >= 11 is 0. The van der Waals surface area contributed by atoms with Crippen LogP contribution >= 0.6 is 0 Å². The van der Waals surface area contributed by atoms with Gasteiger partial charge in [-0.05, 0) is 28.8 Å². The zero-order valence-corrected chi connectivity index (χ0v) is 17.3. The van der Waals surface area contributed by atoms with Crippen molar-refractivity contribution in [3.8, 4) is 5.75 Å². The summed E-state index contributed by atoms with van der Waals surface area (Å²) < 4.78 is 10.9. The van der Waals surface area contributed by atoms with Crippen LogP contribution in [0.5, 0.6) is 5.75 Å². The van der Waals surface area contributed by atoms with Gasteiger partial charge >= 0.3 is 6.09 Å². The molecule has 1 atom stereocenters. The molecule has 1 heterocycles. The Morgan fingerprint density at radius 1 is 0.935 bits per heavy atom. The Morgan fingerprint density at radius 2 is 1.61 bits per heavy atom. The Kier molecular flexibility index (Phi) is 6.17. The lowest BCUT2D eigenvalue weighted by molar-refractivity contribution is -0.121. The molecule has 158 valence electrons. The third kappa shape index (κ3) is 4.69. The van der Waals surface area contributed by atoms with Gasteiger partial charge in [-0.2, -0.15) is 0 Å². The average molecular weight is 416 g/mol. The highest BCUT2D eigenvalue weighted by atomic mass is 16.6. The van der Waals surface area contributed by atoms with Crippen LogP contribution in [-0.4, -0.2) is 30.1 Å². The van der Waals surface area contributed by atoms with Crippen LogP contribution in [0, 0.1) is 0 Å². The summed E-state index contributed by atoms with van der Waals surface area (Å²) in [4.78, 5) is 27.7. The Labute approximate surface area is 181 Å². The van der Waals surface area contributed by atoms with Gasteiger partial charge in [-0.1, -0.05) is 66.7 Å². The summed E-state index contributed by atoms with van der Waals surface area (Å²) in [6.45, 7) is 0.465. The van der Waals surface area contributed by atoms with Crippen LogP contribution in [0.25, 0.3) is 0 Å². The van der Waals surface area contributed by atoms with Crippen molar-refractivity contribution >= 4 is 17.7 Å². The maximum atomic E-state index is 13.2. The number of hydrogen-bond acceptors (Lipinski definition) is 4. The Balaban J connectivity index is 1.55.